The molecule has 2 heterocycles. The Bertz CT molecular complexity index is 464. The zero-order valence-electron chi connectivity index (χ0n) is 12.5. The van der Waals surface area contributed by atoms with Crippen LogP contribution in [0.5, 0.6) is 0 Å². The number of fused-ring (bicyclic) bond motifs is 1. The molecule has 3 nitrogen and oxygen atoms in total. The summed E-state index contributed by atoms with van der Waals surface area (Å²) in [5, 5.41) is 7.85. The van der Waals surface area contributed by atoms with E-state index in [-0.39, 0.29) is 0 Å². The fourth-order valence-electron chi connectivity index (χ4n) is 2.00. The summed E-state index contributed by atoms with van der Waals surface area (Å²) >= 11 is 0. The highest BCUT2D eigenvalue weighted by molar-refractivity contribution is 5.81. The maximum Gasteiger partial charge on any atom is 0.132 e. The van der Waals surface area contributed by atoms with Gasteiger partial charge in [0.15, 0.2) is 0 Å². The highest BCUT2D eigenvalue weighted by Crippen LogP contribution is 2.27. The van der Waals surface area contributed by atoms with Crippen molar-refractivity contribution in [1.82, 2.24) is 9.78 Å². The number of hydrogen-bond donors (Lipinski definition) is 1. The van der Waals surface area contributed by atoms with Gasteiger partial charge < -0.3 is 5.32 Å². The summed E-state index contributed by atoms with van der Waals surface area (Å²) in [7, 11) is 0. The molecule has 1 N–H and O–H groups in total. The van der Waals surface area contributed by atoms with Crippen LogP contribution in [-0.4, -0.2) is 16.3 Å². The summed E-state index contributed by atoms with van der Waals surface area (Å²) < 4.78 is 2.05. The smallest absolute Gasteiger partial charge is 0.132 e. The van der Waals surface area contributed by atoms with Gasteiger partial charge in [-0.15, -0.1) is 0 Å². The second kappa shape index (κ2) is 8.35. The molecule has 1 aliphatic heterocycles. The van der Waals surface area contributed by atoms with Crippen LogP contribution in [-0.2, 0) is 6.54 Å². The summed E-state index contributed by atoms with van der Waals surface area (Å²) in [5.74, 6) is 1.14. The fraction of sp³-hybridized carbons (Fsp3) is 0.438. The van der Waals surface area contributed by atoms with Crippen molar-refractivity contribution in [3.05, 3.63) is 42.1 Å². The highest BCUT2D eigenvalue weighted by atomic mass is 15.3. The Kier molecular flexibility index (Phi) is 6.72. The van der Waals surface area contributed by atoms with Crippen LogP contribution in [0.3, 0.4) is 0 Å². The molecule has 2 rings (SSSR count). The molecule has 1 aromatic rings. The molecule has 1 aromatic heterocycles. The highest BCUT2D eigenvalue weighted by Gasteiger charge is 2.15. The molecule has 0 aliphatic carbocycles. The van der Waals surface area contributed by atoms with Crippen molar-refractivity contribution < 1.29 is 0 Å². The first-order chi connectivity index (χ1) is 9.36. The van der Waals surface area contributed by atoms with Crippen molar-refractivity contribution in [2.75, 3.05) is 11.9 Å². The molecule has 3 heteroatoms. The van der Waals surface area contributed by atoms with Crippen LogP contribution < -0.4 is 5.32 Å². The van der Waals surface area contributed by atoms with Crippen molar-refractivity contribution >= 4 is 11.4 Å². The number of rotatable bonds is 3. The second-order valence-corrected chi connectivity index (χ2v) is 4.06. The Morgan fingerprint density at radius 2 is 2.11 bits per heavy atom. The minimum atomic E-state index is 1.01. The Morgan fingerprint density at radius 1 is 1.32 bits per heavy atom. The molecule has 0 spiro atoms. The third-order valence-electron chi connectivity index (χ3n) is 2.80. The van der Waals surface area contributed by atoms with Gasteiger partial charge in [-0.05, 0) is 25.8 Å². The van der Waals surface area contributed by atoms with Gasteiger partial charge in [0.05, 0.1) is 6.20 Å². The zero-order chi connectivity index (χ0) is 14.1. The van der Waals surface area contributed by atoms with E-state index in [1.807, 2.05) is 44.6 Å². The number of nitrogens with zero attached hydrogens (tertiary/aromatic N) is 2. The van der Waals surface area contributed by atoms with Gasteiger partial charge in [0.2, 0.25) is 0 Å². The lowest BCUT2D eigenvalue weighted by atomic mass is 10.1. The van der Waals surface area contributed by atoms with E-state index in [9.17, 15) is 0 Å². The molecule has 104 valence electrons. The second-order valence-electron chi connectivity index (χ2n) is 4.06. The molecule has 0 saturated carbocycles. The van der Waals surface area contributed by atoms with Crippen LogP contribution in [0, 0.1) is 0 Å². The Labute approximate surface area is 116 Å². The quantitative estimate of drug-likeness (QED) is 0.822. The van der Waals surface area contributed by atoms with E-state index in [1.165, 1.54) is 11.1 Å². The average molecular weight is 259 g/mol. The number of allylic oxidation sites excluding steroid dienone is 6. The van der Waals surface area contributed by atoms with Gasteiger partial charge in [-0.1, -0.05) is 44.2 Å². The minimum Gasteiger partial charge on any atom is -0.370 e. The van der Waals surface area contributed by atoms with Gasteiger partial charge in [0, 0.05) is 18.7 Å². The summed E-state index contributed by atoms with van der Waals surface area (Å²) in [6.07, 6.45) is 13.5. The number of aryl methyl sites for hydroxylation is 1. The number of hydrogen-bond acceptors (Lipinski definition) is 2. The predicted molar refractivity (Wildman–Crippen MR) is 84.3 cm³/mol. The van der Waals surface area contributed by atoms with Crippen molar-refractivity contribution in [2.45, 2.75) is 40.7 Å². The van der Waals surface area contributed by atoms with E-state index in [0.29, 0.717) is 0 Å². The Morgan fingerprint density at radius 3 is 2.79 bits per heavy atom. The first kappa shape index (κ1) is 15.3. The lowest BCUT2D eigenvalue weighted by Gasteiger charge is -2.17. The summed E-state index contributed by atoms with van der Waals surface area (Å²) in [4.78, 5) is 0. The molecule has 0 saturated heterocycles. The van der Waals surface area contributed by atoms with E-state index in [4.69, 9.17) is 0 Å². The van der Waals surface area contributed by atoms with Crippen LogP contribution >= 0.6 is 0 Å². The van der Waals surface area contributed by atoms with Gasteiger partial charge in [-0.25, -0.2) is 4.68 Å². The van der Waals surface area contributed by atoms with Crippen molar-refractivity contribution in [1.29, 1.82) is 0 Å². The summed E-state index contributed by atoms with van der Waals surface area (Å²) in [6.45, 7) is 10.1. The molecular weight excluding hydrogens is 234 g/mol. The fourth-order valence-corrected chi connectivity index (χ4v) is 2.00. The maximum absolute atomic E-state index is 4.42. The molecule has 0 atom stereocenters. The number of anilines is 1. The molecule has 0 aromatic carbocycles. The van der Waals surface area contributed by atoms with Crippen LogP contribution in [0.15, 0.2) is 36.6 Å². The Balaban J connectivity index is 0.000000861. The van der Waals surface area contributed by atoms with Gasteiger partial charge >= 0.3 is 0 Å². The van der Waals surface area contributed by atoms with Gasteiger partial charge in [0.1, 0.15) is 5.82 Å². The normalized spacial score (nSPS) is 15.1. The largest absolute Gasteiger partial charge is 0.370 e. The maximum atomic E-state index is 4.42. The minimum absolute atomic E-state index is 1.01. The van der Waals surface area contributed by atoms with Crippen LogP contribution in [0.1, 0.15) is 39.7 Å². The average Bonchev–Trinajstić information content (AvgIpc) is 2.89. The monoisotopic (exact) mass is 259 g/mol. The van der Waals surface area contributed by atoms with E-state index in [2.05, 4.69) is 34.7 Å². The third-order valence-corrected chi connectivity index (χ3v) is 2.80. The van der Waals surface area contributed by atoms with Gasteiger partial charge in [0.25, 0.3) is 0 Å². The molecule has 0 amide bonds. The lowest BCUT2D eigenvalue weighted by molar-refractivity contribution is 0.567. The third kappa shape index (κ3) is 3.85. The molecular formula is C16H25N3. The topological polar surface area (TPSA) is 29.9 Å². The number of nitrogens with one attached hydrogen (secondary N) is 1. The van der Waals surface area contributed by atoms with Gasteiger partial charge in [-0.2, -0.15) is 5.10 Å². The van der Waals surface area contributed by atoms with E-state index < -0.39 is 0 Å². The SMILES string of the molecule is CC.C\C=C/C=C(\C=C/C)c1cnn2c1NCCC2. The van der Waals surface area contributed by atoms with Crippen molar-refractivity contribution in [2.24, 2.45) is 0 Å². The van der Waals surface area contributed by atoms with Crippen molar-refractivity contribution in [3.63, 3.8) is 0 Å². The van der Waals surface area contributed by atoms with Crippen LogP contribution in [0.2, 0.25) is 0 Å². The first-order valence-electron chi connectivity index (χ1n) is 7.12. The van der Waals surface area contributed by atoms with Crippen molar-refractivity contribution in [3.8, 4) is 0 Å². The van der Waals surface area contributed by atoms with Gasteiger partial charge in [-0.3, -0.25) is 0 Å². The number of aromatic nitrogens is 2. The summed E-state index contributed by atoms with van der Waals surface area (Å²) in [6, 6.07) is 0. The van der Waals surface area contributed by atoms with E-state index in [1.54, 1.807) is 0 Å². The molecule has 0 unspecified atom stereocenters. The standard InChI is InChI=1S/C14H19N3.C2H6/c1-3-5-8-12(7-4-2)13-11-16-17-10-6-9-15-14(13)17;1-2/h3-5,7-8,11,15H,6,9-10H2,1-2H3;1-2H3/b5-3-,7-4-,12-8+;. The molecule has 0 radical (unpaired) electrons. The van der Waals surface area contributed by atoms with E-state index >= 15 is 0 Å². The lowest BCUT2D eigenvalue weighted by Crippen LogP contribution is -2.18. The summed E-state index contributed by atoms with van der Waals surface area (Å²) in [5.41, 5.74) is 2.38. The predicted octanol–water partition coefficient (Wildman–Crippen LogP) is 4.26. The first-order valence-corrected chi connectivity index (χ1v) is 7.12. The van der Waals surface area contributed by atoms with Crippen LogP contribution in [0.25, 0.3) is 5.57 Å². The molecule has 0 bridgehead atoms. The molecule has 0 fully saturated rings. The van der Waals surface area contributed by atoms with E-state index in [0.717, 1.165) is 25.3 Å². The van der Waals surface area contributed by atoms with Crippen LogP contribution in [0.4, 0.5) is 5.82 Å². The Hall–Kier alpha value is -1.77. The molecule has 19 heavy (non-hydrogen) atoms. The molecule has 1 aliphatic rings. The zero-order valence-corrected chi connectivity index (χ0v) is 12.5.